The standard InChI is InChI=1S/C31H40ClN5O4S/c1-18-15-21(9-10-22(18)25-19(2)42-31(34-25)36-13-11-35(3)12-14-36)29(39)33-26(20-7-5-4-6-8-20)30(40)37-16-23(32)28-27(37)24(38)17-41-28/h9-10,15,20,23,26-28H,4-8,11-14,16-17H2,1-3H3,(H,33,39). The third-order valence-electron chi connectivity index (χ3n) is 9.38. The molecule has 1 saturated carbocycles. The van der Waals surface area contributed by atoms with E-state index >= 15 is 0 Å². The first-order chi connectivity index (χ1) is 20.2. The molecular weight excluding hydrogens is 574 g/mol. The van der Waals surface area contributed by atoms with Gasteiger partial charge in [-0.1, -0.05) is 25.3 Å². The molecule has 2 amide bonds. The zero-order valence-electron chi connectivity index (χ0n) is 24.6. The number of fused-ring (bicyclic) bond motifs is 1. The first-order valence-electron chi connectivity index (χ1n) is 15.1. The fourth-order valence-corrected chi connectivity index (χ4v) is 8.25. The molecular formula is C31H40ClN5O4S. The van der Waals surface area contributed by atoms with Crippen molar-refractivity contribution < 1.29 is 19.1 Å². The minimum absolute atomic E-state index is 0.0199. The largest absolute Gasteiger partial charge is 0.366 e. The summed E-state index contributed by atoms with van der Waals surface area (Å²) in [4.78, 5) is 52.6. The molecule has 4 unspecified atom stereocenters. The van der Waals surface area contributed by atoms with Crippen LogP contribution in [-0.4, -0.2) is 102 Å². The van der Waals surface area contributed by atoms with Gasteiger partial charge in [-0.2, -0.15) is 0 Å². The van der Waals surface area contributed by atoms with Crippen LogP contribution in [0.15, 0.2) is 18.2 Å². The fourth-order valence-electron chi connectivity index (χ4n) is 6.91. The van der Waals surface area contributed by atoms with E-state index in [-0.39, 0.29) is 36.7 Å². The number of carbonyl (C=O) groups is 3. The van der Waals surface area contributed by atoms with Crippen molar-refractivity contribution in [3.63, 3.8) is 0 Å². The number of piperazine rings is 1. The molecule has 9 nitrogen and oxygen atoms in total. The number of anilines is 1. The highest BCUT2D eigenvalue weighted by Crippen LogP contribution is 2.36. The SMILES string of the molecule is Cc1cc(C(=O)NC(C(=O)N2CC(Cl)C3OCC(=O)C32)C2CCCCC2)ccc1-c1nc(N2CCN(C)CC2)sc1C. The van der Waals surface area contributed by atoms with E-state index in [0.29, 0.717) is 5.56 Å². The molecule has 226 valence electrons. The van der Waals surface area contributed by atoms with Gasteiger partial charge in [0.1, 0.15) is 24.8 Å². The van der Waals surface area contributed by atoms with E-state index in [2.05, 4.69) is 29.1 Å². The number of ketones is 1. The Kier molecular flexibility index (Phi) is 8.60. The smallest absolute Gasteiger partial charge is 0.251 e. The summed E-state index contributed by atoms with van der Waals surface area (Å²) in [6, 6.07) is 4.30. The van der Waals surface area contributed by atoms with Crippen LogP contribution in [0.1, 0.15) is 52.9 Å². The van der Waals surface area contributed by atoms with Gasteiger partial charge in [-0.15, -0.1) is 22.9 Å². The second-order valence-electron chi connectivity index (χ2n) is 12.3. The minimum atomic E-state index is -0.708. The van der Waals surface area contributed by atoms with Gasteiger partial charge in [0.05, 0.1) is 11.1 Å². The lowest BCUT2D eigenvalue weighted by molar-refractivity contribution is -0.139. The lowest BCUT2D eigenvalue weighted by Gasteiger charge is -2.34. The number of benzene rings is 1. The topological polar surface area (TPSA) is 95.1 Å². The van der Waals surface area contributed by atoms with Crippen molar-refractivity contribution in [3.05, 3.63) is 34.2 Å². The number of nitrogens with zero attached hydrogens (tertiary/aromatic N) is 4. The average Bonchev–Trinajstić information content (AvgIpc) is 3.67. The number of thiazole rings is 1. The van der Waals surface area contributed by atoms with Crippen molar-refractivity contribution in [2.45, 2.75) is 69.5 Å². The van der Waals surface area contributed by atoms with E-state index in [9.17, 15) is 14.4 Å². The van der Waals surface area contributed by atoms with Crippen LogP contribution in [0.4, 0.5) is 5.13 Å². The molecule has 6 rings (SSSR count). The second kappa shape index (κ2) is 12.2. The Bertz CT molecular complexity index is 1350. The van der Waals surface area contributed by atoms with E-state index in [4.69, 9.17) is 21.3 Å². The molecule has 4 atom stereocenters. The number of nitrogens with one attached hydrogen (secondary N) is 1. The molecule has 1 aliphatic carbocycles. The van der Waals surface area contributed by atoms with E-state index < -0.39 is 23.6 Å². The number of likely N-dealkylation sites (tertiary alicyclic amines) is 1. The van der Waals surface area contributed by atoms with Gasteiger partial charge in [-0.3, -0.25) is 14.4 Å². The maximum Gasteiger partial charge on any atom is 0.251 e. The molecule has 3 aliphatic heterocycles. The maximum absolute atomic E-state index is 14.0. The van der Waals surface area contributed by atoms with Crippen LogP contribution in [0, 0.1) is 19.8 Å². The third kappa shape index (κ3) is 5.70. The molecule has 3 saturated heterocycles. The second-order valence-corrected chi connectivity index (χ2v) is 14.0. The number of rotatable bonds is 6. The number of ether oxygens (including phenoxy) is 1. The van der Waals surface area contributed by atoms with E-state index in [1.807, 2.05) is 25.1 Å². The maximum atomic E-state index is 14.0. The Morgan fingerprint density at radius 3 is 2.57 bits per heavy atom. The monoisotopic (exact) mass is 613 g/mol. The first-order valence-corrected chi connectivity index (χ1v) is 16.4. The molecule has 1 aromatic heterocycles. The number of amides is 2. The predicted octanol–water partition coefficient (Wildman–Crippen LogP) is 3.64. The normalized spacial score (nSPS) is 26.0. The summed E-state index contributed by atoms with van der Waals surface area (Å²) in [5.41, 5.74) is 3.43. The predicted molar refractivity (Wildman–Crippen MR) is 164 cm³/mol. The lowest BCUT2D eigenvalue weighted by Crippen LogP contribution is -2.55. The number of hydrogen-bond acceptors (Lipinski definition) is 8. The van der Waals surface area contributed by atoms with Gasteiger partial charge in [0.25, 0.3) is 5.91 Å². The van der Waals surface area contributed by atoms with Crippen molar-refractivity contribution in [2.75, 3.05) is 51.3 Å². The van der Waals surface area contributed by atoms with E-state index in [0.717, 1.165) is 85.1 Å². The number of alkyl halides is 1. The Balaban J connectivity index is 1.21. The zero-order chi connectivity index (χ0) is 29.5. The number of aryl methyl sites for hydroxylation is 2. The molecule has 1 aromatic carbocycles. The molecule has 0 bridgehead atoms. The van der Waals surface area contributed by atoms with E-state index in [1.165, 1.54) is 0 Å². The molecule has 1 N–H and O–H groups in total. The average molecular weight is 614 g/mol. The number of halogens is 1. The van der Waals surface area contributed by atoms with Gasteiger partial charge in [-0.25, -0.2) is 4.98 Å². The molecule has 4 heterocycles. The van der Waals surface area contributed by atoms with Crippen LogP contribution in [0.5, 0.6) is 0 Å². The molecule has 0 spiro atoms. The Labute approximate surface area is 256 Å². The van der Waals surface area contributed by atoms with Crippen LogP contribution < -0.4 is 10.2 Å². The first kappa shape index (κ1) is 29.5. The minimum Gasteiger partial charge on any atom is -0.366 e. The van der Waals surface area contributed by atoms with Crippen molar-refractivity contribution in [3.8, 4) is 11.3 Å². The van der Waals surface area contributed by atoms with Crippen LogP contribution in [-0.2, 0) is 14.3 Å². The number of hydrogen-bond donors (Lipinski definition) is 1. The number of aromatic nitrogens is 1. The third-order valence-corrected chi connectivity index (χ3v) is 10.8. The molecule has 11 heteroatoms. The van der Waals surface area contributed by atoms with Crippen LogP contribution in [0.25, 0.3) is 11.3 Å². The van der Waals surface area contributed by atoms with Gasteiger partial charge in [0.15, 0.2) is 10.9 Å². The fraction of sp³-hybridized carbons (Fsp3) is 0.613. The van der Waals surface area contributed by atoms with Crippen LogP contribution >= 0.6 is 22.9 Å². The molecule has 2 aromatic rings. The number of carbonyl (C=O) groups excluding carboxylic acids is 3. The highest BCUT2D eigenvalue weighted by atomic mass is 35.5. The summed E-state index contributed by atoms with van der Waals surface area (Å²) in [7, 11) is 2.15. The molecule has 4 fully saturated rings. The van der Waals surface area contributed by atoms with Crippen molar-refractivity contribution in [1.29, 1.82) is 0 Å². The Morgan fingerprint density at radius 2 is 1.86 bits per heavy atom. The summed E-state index contributed by atoms with van der Waals surface area (Å²) >= 11 is 8.20. The molecule has 4 aliphatic rings. The van der Waals surface area contributed by atoms with Crippen molar-refractivity contribution in [1.82, 2.24) is 20.1 Å². The summed E-state index contributed by atoms with van der Waals surface area (Å²) < 4.78 is 5.60. The highest BCUT2D eigenvalue weighted by molar-refractivity contribution is 7.16. The lowest BCUT2D eigenvalue weighted by atomic mass is 9.83. The number of Topliss-reactive ketones (excluding diaryl/α,β-unsaturated/α-hetero) is 1. The van der Waals surface area contributed by atoms with Gasteiger partial charge >= 0.3 is 0 Å². The van der Waals surface area contributed by atoms with Crippen molar-refractivity contribution >= 4 is 45.7 Å². The summed E-state index contributed by atoms with van der Waals surface area (Å²) in [5.74, 6) is -0.611. The molecule has 0 radical (unpaired) electrons. The van der Waals surface area contributed by atoms with Gasteiger partial charge < -0.3 is 24.8 Å². The number of likely N-dealkylation sites (N-methyl/N-ethyl adjacent to an activating group) is 1. The van der Waals surface area contributed by atoms with Gasteiger partial charge in [0, 0.05) is 48.7 Å². The van der Waals surface area contributed by atoms with Crippen LogP contribution in [0.3, 0.4) is 0 Å². The van der Waals surface area contributed by atoms with Gasteiger partial charge in [-0.05, 0) is 57.4 Å². The summed E-state index contributed by atoms with van der Waals surface area (Å²) in [5, 5.41) is 3.69. The van der Waals surface area contributed by atoms with E-state index in [1.54, 1.807) is 16.2 Å². The highest BCUT2D eigenvalue weighted by Gasteiger charge is 2.53. The molecule has 42 heavy (non-hydrogen) atoms. The quantitative estimate of drug-likeness (QED) is 0.497. The zero-order valence-corrected chi connectivity index (χ0v) is 26.2. The van der Waals surface area contributed by atoms with Gasteiger partial charge in [0.2, 0.25) is 5.91 Å². The van der Waals surface area contributed by atoms with Crippen molar-refractivity contribution in [2.24, 2.45) is 5.92 Å². The summed E-state index contributed by atoms with van der Waals surface area (Å²) in [6.07, 6.45) is 4.42. The van der Waals surface area contributed by atoms with Crippen LogP contribution in [0.2, 0.25) is 0 Å². The Hall–Kier alpha value is -2.53. The Morgan fingerprint density at radius 1 is 1.12 bits per heavy atom. The summed E-state index contributed by atoms with van der Waals surface area (Å²) in [6.45, 7) is 8.30.